The summed E-state index contributed by atoms with van der Waals surface area (Å²) in [5.74, 6) is 1.40. The van der Waals surface area contributed by atoms with E-state index in [9.17, 15) is 9.00 Å². The Hall–Kier alpha value is -2.73. The first kappa shape index (κ1) is 16.7. The van der Waals surface area contributed by atoms with Gasteiger partial charge in [0.15, 0.2) is 0 Å². The topological polar surface area (TPSA) is 64.0 Å². The van der Waals surface area contributed by atoms with Gasteiger partial charge >= 0.3 is 0 Å². The molecule has 0 aliphatic carbocycles. The summed E-state index contributed by atoms with van der Waals surface area (Å²) in [5.41, 5.74) is 4.67. The van der Waals surface area contributed by atoms with Gasteiger partial charge < -0.3 is 5.32 Å². The molecular weight excluding hydrogens is 346 g/mol. The van der Waals surface area contributed by atoms with Crippen LogP contribution in [0.1, 0.15) is 22.4 Å². The molecule has 132 valence electrons. The Morgan fingerprint density at radius 3 is 2.58 bits per heavy atom. The lowest BCUT2D eigenvalue weighted by atomic mass is 10.1. The number of hydrogen-bond donors (Lipinski definition) is 1. The summed E-state index contributed by atoms with van der Waals surface area (Å²) in [4.78, 5) is 12.6. The third-order valence-electron chi connectivity index (χ3n) is 4.41. The van der Waals surface area contributed by atoms with Gasteiger partial charge in [-0.25, -0.2) is 4.68 Å². The van der Waals surface area contributed by atoms with Gasteiger partial charge in [-0.05, 0) is 24.6 Å². The van der Waals surface area contributed by atoms with Crippen LogP contribution in [0, 0.1) is 6.92 Å². The van der Waals surface area contributed by atoms with Crippen LogP contribution in [0.25, 0.3) is 5.69 Å². The number of aryl methyl sites for hydroxylation is 1. The largest absolute Gasteiger partial charge is 0.310 e. The average Bonchev–Trinajstić information content (AvgIpc) is 3.14. The summed E-state index contributed by atoms with van der Waals surface area (Å²) < 4.78 is 13.7. The van der Waals surface area contributed by atoms with Crippen molar-refractivity contribution in [3.05, 3.63) is 77.0 Å². The maximum Gasteiger partial charge on any atom is 0.229 e. The summed E-state index contributed by atoms with van der Waals surface area (Å²) in [7, 11) is -0.947. The van der Waals surface area contributed by atoms with E-state index in [0.29, 0.717) is 17.3 Å². The number of fused-ring (bicyclic) bond motifs is 1. The van der Waals surface area contributed by atoms with Crippen LogP contribution in [-0.4, -0.2) is 19.9 Å². The molecule has 1 aliphatic rings. The summed E-state index contributed by atoms with van der Waals surface area (Å²) in [5, 5.41) is 7.61. The number of anilines is 1. The highest BCUT2D eigenvalue weighted by molar-refractivity contribution is 7.83. The molecule has 1 unspecified atom stereocenters. The molecule has 0 saturated heterocycles. The SMILES string of the molecule is Cc1ccc(-n2nc3c(c2NC(=O)Cc2ccccc2)CS(=O)C3)cc1. The lowest BCUT2D eigenvalue weighted by Crippen LogP contribution is -2.18. The number of benzene rings is 2. The fraction of sp³-hybridized carbons (Fsp3) is 0.200. The quantitative estimate of drug-likeness (QED) is 0.773. The number of carbonyl (C=O) groups is 1. The van der Waals surface area contributed by atoms with Crippen molar-refractivity contribution < 1.29 is 9.00 Å². The van der Waals surface area contributed by atoms with Crippen LogP contribution in [0.2, 0.25) is 0 Å². The summed E-state index contributed by atoms with van der Waals surface area (Å²) in [6.45, 7) is 2.03. The van der Waals surface area contributed by atoms with Crippen LogP contribution in [-0.2, 0) is 33.5 Å². The second kappa shape index (κ2) is 6.88. The molecule has 1 N–H and O–H groups in total. The highest BCUT2D eigenvalue weighted by Crippen LogP contribution is 2.31. The molecule has 3 aromatic rings. The zero-order valence-electron chi connectivity index (χ0n) is 14.4. The van der Waals surface area contributed by atoms with Crippen molar-refractivity contribution in [2.45, 2.75) is 24.9 Å². The van der Waals surface area contributed by atoms with Crippen LogP contribution in [0.4, 0.5) is 5.82 Å². The van der Waals surface area contributed by atoms with Crippen molar-refractivity contribution in [3.63, 3.8) is 0 Å². The van der Waals surface area contributed by atoms with Crippen molar-refractivity contribution in [2.75, 3.05) is 5.32 Å². The predicted molar refractivity (Wildman–Crippen MR) is 103 cm³/mol. The van der Waals surface area contributed by atoms with Crippen molar-refractivity contribution >= 4 is 22.5 Å². The van der Waals surface area contributed by atoms with Gasteiger partial charge in [0, 0.05) is 16.4 Å². The molecular formula is C20H19N3O2S. The molecule has 0 saturated carbocycles. The highest BCUT2D eigenvalue weighted by Gasteiger charge is 2.28. The van der Waals surface area contributed by atoms with E-state index in [1.54, 1.807) is 4.68 Å². The van der Waals surface area contributed by atoms with E-state index in [2.05, 4.69) is 10.4 Å². The van der Waals surface area contributed by atoms with Gasteiger partial charge in [0.2, 0.25) is 5.91 Å². The Balaban J connectivity index is 1.66. The third-order valence-corrected chi connectivity index (χ3v) is 5.62. The summed E-state index contributed by atoms with van der Waals surface area (Å²) in [6.07, 6.45) is 0.289. The molecule has 0 spiro atoms. The molecule has 0 radical (unpaired) electrons. The number of nitrogens with one attached hydrogen (secondary N) is 1. The zero-order chi connectivity index (χ0) is 18.1. The van der Waals surface area contributed by atoms with Crippen molar-refractivity contribution in [1.82, 2.24) is 9.78 Å². The molecule has 0 fully saturated rings. The number of rotatable bonds is 4. The lowest BCUT2D eigenvalue weighted by Gasteiger charge is -2.11. The number of amides is 1. The average molecular weight is 365 g/mol. The number of carbonyl (C=O) groups excluding carboxylic acids is 1. The van der Waals surface area contributed by atoms with E-state index in [4.69, 9.17) is 0 Å². The maximum absolute atomic E-state index is 12.6. The van der Waals surface area contributed by atoms with Gasteiger partial charge in [-0.2, -0.15) is 5.10 Å². The van der Waals surface area contributed by atoms with E-state index < -0.39 is 10.8 Å². The minimum Gasteiger partial charge on any atom is -0.310 e. The number of aromatic nitrogens is 2. The molecule has 26 heavy (non-hydrogen) atoms. The second-order valence-corrected chi connectivity index (χ2v) is 7.92. The van der Waals surface area contributed by atoms with Crippen LogP contribution in [0.3, 0.4) is 0 Å². The Morgan fingerprint density at radius 1 is 1.12 bits per heavy atom. The zero-order valence-corrected chi connectivity index (χ0v) is 15.3. The van der Waals surface area contributed by atoms with Crippen molar-refractivity contribution in [3.8, 4) is 5.69 Å². The van der Waals surface area contributed by atoms with Crippen LogP contribution in [0.15, 0.2) is 54.6 Å². The van der Waals surface area contributed by atoms with Gasteiger partial charge in [-0.15, -0.1) is 0 Å². The molecule has 1 atom stereocenters. The van der Waals surface area contributed by atoms with E-state index in [-0.39, 0.29) is 12.3 Å². The maximum atomic E-state index is 12.6. The first-order valence-corrected chi connectivity index (χ1v) is 9.95. The Bertz CT molecular complexity index is 978. The van der Waals surface area contributed by atoms with Gasteiger partial charge in [0.1, 0.15) is 5.82 Å². The smallest absolute Gasteiger partial charge is 0.229 e. The van der Waals surface area contributed by atoms with Gasteiger partial charge in [-0.1, -0.05) is 48.0 Å². The third kappa shape index (κ3) is 3.32. The fourth-order valence-corrected chi connectivity index (χ4v) is 4.35. The Kier molecular flexibility index (Phi) is 4.42. The van der Waals surface area contributed by atoms with Crippen LogP contribution in [0.5, 0.6) is 0 Å². The number of nitrogens with zero attached hydrogens (tertiary/aromatic N) is 2. The fourth-order valence-electron chi connectivity index (χ4n) is 3.09. The first-order valence-electron chi connectivity index (χ1n) is 8.47. The van der Waals surface area contributed by atoms with Crippen LogP contribution >= 0.6 is 0 Å². The molecule has 0 bridgehead atoms. The van der Waals surface area contributed by atoms with Gasteiger partial charge in [0.25, 0.3) is 0 Å². The Labute approximate surface area is 154 Å². The van der Waals surface area contributed by atoms with Gasteiger partial charge in [0.05, 0.1) is 29.3 Å². The minimum absolute atomic E-state index is 0.107. The second-order valence-electron chi connectivity index (χ2n) is 6.46. The first-order chi connectivity index (χ1) is 12.6. The normalized spacial score (nSPS) is 15.7. The molecule has 1 aliphatic heterocycles. The molecule has 6 heteroatoms. The monoisotopic (exact) mass is 365 g/mol. The van der Waals surface area contributed by atoms with E-state index >= 15 is 0 Å². The standard InChI is InChI=1S/C20H19N3O2S/c1-14-7-9-16(10-8-14)23-20(17-12-26(25)13-18(17)22-23)21-19(24)11-15-5-3-2-4-6-15/h2-10H,11-13H2,1H3,(H,21,24). The molecule has 2 aromatic carbocycles. The molecule has 5 nitrogen and oxygen atoms in total. The molecule has 1 amide bonds. The Morgan fingerprint density at radius 2 is 1.85 bits per heavy atom. The van der Waals surface area contributed by atoms with E-state index in [1.807, 2.05) is 61.5 Å². The molecule has 1 aromatic heterocycles. The molecule has 2 heterocycles. The lowest BCUT2D eigenvalue weighted by molar-refractivity contribution is -0.115. The summed E-state index contributed by atoms with van der Waals surface area (Å²) >= 11 is 0. The minimum atomic E-state index is -0.947. The predicted octanol–water partition coefficient (Wildman–Crippen LogP) is 3.12. The molecule has 4 rings (SSSR count). The van der Waals surface area contributed by atoms with Crippen molar-refractivity contribution in [2.24, 2.45) is 0 Å². The van der Waals surface area contributed by atoms with E-state index in [0.717, 1.165) is 28.1 Å². The van der Waals surface area contributed by atoms with Crippen LogP contribution < -0.4 is 5.32 Å². The van der Waals surface area contributed by atoms with Gasteiger partial charge in [-0.3, -0.25) is 9.00 Å². The highest BCUT2D eigenvalue weighted by atomic mass is 32.2. The number of hydrogen-bond acceptors (Lipinski definition) is 3. The van der Waals surface area contributed by atoms with Crippen molar-refractivity contribution in [1.29, 1.82) is 0 Å². The van der Waals surface area contributed by atoms with E-state index in [1.165, 1.54) is 0 Å². The summed E-state index contributed by atoms with van der Waals surface area (Å²) in [6, 6.07) is 17.6.